The molecule has 2 aromatic rings. The van der Waals surface area contributed by atoms with Crippen LogP contribution < -0.4 is 5.69 Å². The summed E-state index contributed by atoms with van der Waals surface area (Å²) in [5.74, 6) is -0.972. The van der Waals surface area contributed by atoms with Crippen LogP contribution in [0.25, 0.3) is 11.0 Å². The highest BCUT2D eigenvalue weighted by Crippen LogP contribution is 2.38. The first kappa shape index (κ1) is 13.3. The number of thioether (sulfide) groups is 1. The molecule has 6 heteroatoms. The van der Waals surface area contributed by atoms with E-state index in [1.54, 1.807) is 28.5 Å². The summed E-state index contributed by atoms with van der Waals surface area (Å²) >= 11 is 1.78. The molecule has 1 saturated carbocycles. The van der Waals surface area contributed by atoms with Crippen molar-refractivity contribution in [1.29, 1.82) is 0 Å². The second-order valence-electron chi connectivity index (χ2n) is 5.11. The number of aromatic carboxylic acids is 1. The third-order valence-corrected chi connectivity index (χ3v) is 5.17. The molecule has 1 aliphatic rings. The molecule has 2 atom stereocenters. The van der Waals surface area contributed by atoms with E-state index in [-0.39, 0.29) is 17.3 Å². The Morgan fingerprint density at radius 3 is 2.95 bits per heavy atom. The van der Waals surface area contributed by atoms with Gasteiger partial charge in [-0.1, -0.05) is 6.42 Å². The first-order valence-electron chi connectivity index (χ1n) is 6.62. The van der Waals surface area contributed by atoms with Crippen LogP contribution >= 0.6 is 11.8 Å². The lowest BCUT2D eigenvalue weighted by atomic mass is 10.2. The van der Waals surface area contributed by atoms with Crippen LogP contribution in [0.3, 0.4) is 0 Å². The van der Waals surface area contributed by atoms with Crippen molar-refractivity contribution in [2.75, 3.05) is 6.26 Å². The monoisotopic (exact) mass is 292 g/mol. The fourth-order valence-corrected chi connectivity index (χ4v) is 4.03. The molecule has 2 unspecified atom stereocenters. The number of carboxylic acids is 1. The van der Waals surface area contributed by atoms with Crippen molar-refractivity contribution >= 4 is 28.8 Å². The summed E-state index contributed by atoms with van der Waals surface area (Å²) in [6.45, 7) is 0. The van der Waals surface area contributed by atoms with E-state index in [2.05, 4.69) is 11.2 Å². The Bertz CT molecular complexity index is 719. The number of rotatable bonds is 3. The van der Waals surface area contributed by atoms with E-state index in [1.807, 2.05) is 0 Å². The van der Waals surface area contributed by atoms with Gasteiger partial charge in [0.2, 0.25) is 0 Å². The second kappa shape index (κ2) is 5.01. The third kappa shape index (κ3) is 2.04. The van der Waals surface area contributed by atoms with Crippen LogP contribution in [0.1, 0.15) is 35.7 Å². The lowest BCUT2D eigenvalue weighted by Crippen LogP contribution is -2.26. The molecule has 1 aliphatic carbocycles. The zero-order valence-corrected chi connectivity index (χ0v) is 11.9. The maximum absolute atomic E-state index is 12.2. The van der Waals surface area contributed by atoms with E-state index in [0.29, 0.717) is 16.3 Å². The number of carbonyl (C=O) groups is 1. The van der Waals surface area contributed by atoms with Gasteiger partial charge in [-0.05, 0) is 37.3 Å². The van der Waals surface area contributed by atoms with Gasteiger partial charge in [0.25, 0.3) is 0 Å². The number of aromatic amines is 1. The molecule has 1 aromatic carbocycles. The van der Waals surface area contributed by atoms with Gasteiger partial charge in [-0.3, -0.25) is 4.57 Å². The van der Waals surface area contributed by atoms with Crippen molar-refractivity contribution in [2.45, 2.75) is 30.6 Å². The van der Waals surface area contributed by atoms with Crippen LogP contribution in [-0.4, -0.2) is 32.1 Å². The number of nitrogens with zero attached hydrogens (tertiary/aromatic N) is 1. The third-order valence-electron chi connectivity index (χ3n) is 4.02. The SMILES string of the molecule is CSC1CCCC1n1c(=O)[nH]c2ccc(C(=O)O)cc21. The average Bonchev–Trinajstić information content (AvgIpc) is 2.99. The molecule has 0 saturated heterocycles. The summed E-state index contributed by atoms with van der Waals surface area (Å²) in [5, 5.41) is 9.52. The fraction of sp³-hybridized carbons (Fsp3) is 0.429. The molecule has 0 spiro atoms. The number of aromatic nitrogens is 2. The second-order valence-corrected chi connectivity index (χ2v) is 6.19. The van der Waals surface area contributed by atoms with Gasteiger partial charge in [0.05, 0.1) is 22.6 Å². The van der Waals surface area contributed by atoms with Gasteiger partial charge < -0.3 is 10.1 Å². The Labute approximate surface area is 120 Å². The number of hydrogen-bond acceptors (Lipinski definition) is 3. The summed E-state index contributed by atoms with van der Waals surface area (Å²) in [7, 11) is 0. The number of fused-ring (bicyclic) bond motifs is 1. The molecular weight excluding hydrogens is 276 g/mol. The van der Waals surface area contributed by atoms with Crippen molar-refractivity contribution in [2.24, 2.45) is 0 Å². The number of imidazole rings is 1. The Balaban J connectivity index is 2.18. The van der Waals surface area contributed by atoms with Crippen molar-refractivity contribution in [1.82, 2.24) is 9.55 Å². The Morgan fingerprint density at radius 2 is 2.25 bits per heavy atom. The summed E-state index contributed by atoms with van der Waals surface area (Å²) < 4.78 is 1.75. The van der Waals surface area contributed by atoms with Crippen LogP contribution in [0.4, 0.5) is 0 Å². The molecule has 0 aliphatic heterocycles. The first-order chi connectivity index (χ1) is 9.61. The van der Waals surface area contributed by atoms with E-state index in [4.69, 9.17) is 5.11 Å². The molecule has 0 radical (unpaired) electrons. The van der Waals surface area contributed by atoms with Gasteiger partial charge in [0, 0.05) is 5.25 Å². The van der Waals surface area contributed by atoms with Crippen LogP contribution in [0.5, 0.6) is 0 Å². The number of benzene rings is 1. The lowest BCUT2D eigenvalue weighted by Gasteiger charge is -2.19. The molecule has 1 aromatic heterocycles. The minimum Gasteiger partial charge on any atom is -0.478 e. The van der Waals surface area contributed by atoms with Crippen LogP contribution in [0.15, 0.2) is 23.0 Å². The average molecular weight is 292 g/mol. The summed E-state index contributed by atoms with van der Waals surface area (Å²) in [4.78, 5) is 26.1. The minimum atomic E-state index is -0.972. The van der Waals surface area contributed by atoms with Crippen molar-refractivity contribution < 1.29 is 9.90 Å². The predicted octanol–water partition coefficient (Wildman–Crippen LogP) is 2.48. The number of hydrogen-bond donors (Lipinski definition) is 2. The first-order valence-corrected chi connectivity index (χ1v) is 7.91. The van der Waals surface area contributed by atoms with Crippen LogP contribution in [-0.2, 0) is 0 Å². The smallest absolute Gasteiger partial charge is 0.335 e. The molecule has 1 heterocycles. The number of carboxylic acid groups (broad SMARTS) is 1. The Kier molecular flexibility index (Phi) is 3.33. The molecule has 5 nitrogen and oxygen atoms in total. The fourth-order valence-electron chi connectivity index (χ4n) is 3.06. The largest absolute Gasteiger partial charge is 0.478 e. The molecular formula is C14H16N2O3S. The quantitative estimate of drug-likeness (QED) is 0.911. The maximum atomic E-state index is 12.2. The number of H-pyrrole nitrogens is 1. The number of nitrogens with one attached hydrogen (secondary N) is 1. The lowest BCUT2D eigenvalue weighted by molar-refractivity contribution is 0.0697. The van der Waals surface area contributed by atoms with E-state index in [9.17, 15) is 9.59 Å². The van der Waals surface area contributed by atoms with Crippen LogP contribution in [0.2, 0.25) is 0 Å². The highest BCUT2D eigenvalue weighted by molar-refractivity contribution is 7.99. The van der Waals surface area contributed by atoms with Gasteiger partial charge >= 0.3 is 11.7 Å². The summed E-state index contributed by atoms with van der Waals surface area (Å²) in [5.41, 5.74) is 1.46. The minimum absolute atomic E-state index is 0.145. The molecule has 0 amide bonds. The van der Waals surface area contributed by atoms with Gasteiger partial charge in [0.1, 0.15) is 0 Å². The normalized spacial score (nSPS) is 22.4. The highest BCUT2D eigenvalue weighted by Gasteiger charge is 2.30. The van der Waals surface area contributed by atoms with Crippen molar-refractivity contribution in [3.05, 3.63) is 34.2 Å². The van der Waals surface area contributed by atoms with Crippen molar-refractivity contribution in [3.8, 4) is 0 Å². The molecule has 106 valence electrons. The zero-order chi connectivity index (χ0) is 14.3. The highest BCUT2D eigenvalue weighted by atomic mass is 32.2. The Morgan fingerprint density at radius 1 is 1.45 bits per heavy atom. The maximum Gasteiger partial charge on any atom is 0.335 e. The van der Waals surface area contributed by atoms with E-state index in [1.165, 1.54) is 6.07 Å². The summed E-state index contributed by atoms with van der Waals surface area (Å²) in [6, 6.07) is 4.92. The predicted molar refractivity (Wildman–Crippen MR) is 79.7 cm³/mol. The molecule has 0 bridgehead atoms. The zero-order valence-electron chi connectivity index (χ0n) is 11.1. The van der Waals surface area contributed by atoms with E-state index < -0.39 is 5.97 Å². The van der Waals surface area contributed by atoms with E-state index in [0.717, 1.165) is 19.3 Å². The molecule has 2 N–H and O–H groups in total. The van der Waals surface area contributed by atoms with Gasteiger partial charge in [-0.2, -0.15) is 11.8 Å². The van der Waals surface area contributed by atoms with Crippen molar-refractivity contribution in [3.63, 3.8) is 0 Å². The van der Waals surface area contributed by atoms with Gasteiger partial charge in [-0.25, -0.2) is 9.59 Å². The topological polar surface area (TPSA) is 75.1 Å². The molecule has 3 rings (SSSR count). The van der Waals surface area contributed by atoms with Gasteiger partial charge in [-0.15, -0.1) is 0 Å². The molecule has 20 heavy (non-hydrogen) atoms. The standard InChI is InChI=1S/C14H16N2O3S/c1-20-12-4-2-3-10(12)16-11-7-8(13(17)18)5-6-9(11)15-14(16)19/h5-7,10,12H,2-4H2,1H3,(H,15,19)(H,17,18). The summed E-state index contributed by atoms with van der Waals surface area (Å²) in [6.07, 6.45) is 5.23. The Hall–Kier alpha value is -1.69. The van der Waals surface area contributed by atoms with Crippen LogP contribution in [0, 0.1) is 0 Å². The van der Waals surface area contributed by atoms with Gasteiger partial charge in [0.15, 0.2) is 0 Å². The van der Waals surface area contributed by atoms with E-state index >= 15 is 0 Å². The molecule has 1 fully saturated rings.